The largest absolute Gasteiger partial charge is 0.480 e. The summed E-state index contributed by atoms with van der Waals surface area (Å²) in [6.45, 7) is 6.53. The minimum atomic E-state index is -1.05. The number of carboxylic acid groups (broad SMARTS) is 1. The van der Waals surface area contributed by atoms with E-state index < -0.39 is 42.3 Å². The third-order valence-corrected chi connectivity index (χ3v) is 10.8. The van der Waals surface area contributed by atoms with Gasteiger partial charge in [-0.2, -0.15) is 0 Å². The number of benzene rings is 3. The zero-order chi connectivity index (χ0) is 36.7. The first-order valence-electron chi connectivity index (χ1n) is 18.2. The number of para-hydroxylation sites is 1. The quantitative estimate of drug-likeness (QED) is 0.366. The fraction of sp³-hybridized carbons (Fsp3) is 0.439. The molecule has 3 aromatic carbocycles. The van der Waals surface area contributed by atoms with Gasteiger partial charge in [0, 0.05) is 25.9 Å². The highest BCUT2D eigenvalue weighted by Gasteiger charge is 2.51. The van der Waals surface area contributed by atoms with Crippen molar-refractivity contribution in [2.75, 3.05) is 18.1 Å². The molecule has 0 radical (unpaired) electrons. The molecule has 0 spiro atoms. The average molecular weight is 707 g/mol. The molecule has 11 nitrogen and oxygen atoms in total. The molecule has 1 unspecified atom stereocenters. The Balaban J connectivity index is 1.25. The highest BCUT2D eigenvalue weighted by atomic mass is 16.6. The Labute approximate surface area is 304 Å². The summed E-state index contributed by atoms with van der Waals surface area (Å²) in [7, 11) is 0. The molecule has 3 aromatic rings. The van der Waals surface area contributed by atoms with E-state index in [2.05, 4.69) is 0 Å². The molecule has 0 saturated carbocycles. The predicted molar refractivity (Wildman–Crippen MR) is 193 cm³/mol. The topological polar surface area (TPSA) is 128 Å². The molecule has 11 heteroatoms. The number of carboxylic acids is 1. The molecule has 52 heavy (non-hydrogen) atoms. The van der Waals surface area contributed by atoms with E-state index in [0.717, 1.165) is 22.3 Å². The highest BCUT2D eigenvalue weighted by Crippen LogP contribution is 2.42. The normalized spacial score (nSPS) is 24.0. The van der Waals surface area contributed by atoms with Crippen LogP contribution in [0, 0.1) is 5.41 Å². The van der Waals surface area contributed by atoms with Crippen LogP contribution in [0.2, 0.25) is 0 Å². The van der Waals surface area contributed by atoms with Crippen LogP contribution < -0.4 is 4.90 Å². The lowest BCUT2D eigenvalue weighted by atomic mass is 9.92. The van der Waals surface area contributed by atoms with Crippen LogP contribution in [0.15, 0.2) is 78.9 Å². The molecule has 1 N–H and O–H groups in total. The molecule has 4 aliphatic heterocycles. The number of carbonyl (C=O) groups excluding carboxylic acids is 4. The van der Waals surface area contributed by atoms with E-state index >= 15 is 9.59 Å². The Morgan fingerprint density at radius 1 is 0.692 bits per heavy atom. The van der Waals surface area contributed by atoms with Crippen molar-refractivity contribution >= 4 is 35.5 Å². The van der Waals surface area contributed by atoms with Gasteiger partial charge in [-0.25, -0.2) is 9.59 Å². The molecule has 272 valence electrons. The van der Waals surface area contributed by atoms with Crippen molar-refractivity contribution in [1.29, 1.82) is 0 Å². The van der Waals surface area contributed by atoms with Gasteiger partial charge in [0.2, 0.25) is 17.7 Å². The standard InChI is InChI=1S/C41H46N4O7/c1-41(2,3)25-52-40(51)45-30-17-10-9-15-28(30)23-35(45)38(48)44-31(26-12-5-4-6-13-26)19-20-32(44)36(46)43-24-29-16-8-7-14-27(29)22-34(43)37(47)42-21-11-18-33(42)39(49)50/h4-10,12-17,31-35H,11,18-25H2,1-3H3,(H,49,50)/t31-,32+,33?,34+,35+/m0/s1. The molecule has 4 heterocycles. The van der Waals surface area contributed by atoms with Gasteiger partial charge in [0.15, 0.2) is 0 Å². The van der Waals surface area contributed by atoms with Crippen LogP contribution in [-0.2, 0) is 43.3 Å². The van der Waals surface area contributed by atoms with Crippen LogP contribution in [0.1, 0.15) is 74.8 Å². The first kappa shape index (κ1) is 35.2. The maximum Gasteiger partial charge on any atom is 0.415 e. The van der Waals surface area contributed by atoms with E-state index in [0.29, 0.717) is 37.9 Å². The van der Waals surface area contributed by atoms with Gasteiger partial charge in [0.05, 0.1) is 18.3 Å². The lowest BCUT2D eigenvalue weighted by molar-refractivity contribution is -0.156. The van der Waals surface area contributed by atoms with Crippen molar-refractivity contribution in [1.82, 2.24) is 14.7 Å². The van der Waals surface area contributed by atoms with Crippen molar-refractivity contribution < 1.29 is 33.8 Å². The summed E-state index contributed by atoms with van der Waals surface area (Å²) in [5, 5.41) is 9.92. The van der Waals surface area contributed by atoms with E-state index in [1.54, 1.807) is 9.80 Å². The van der Waals surface area contributed by atoms with E-state index in [-0.39, 0.29) is 49.1 Å². The fourth-order valence-corrected chi connectivity index (χ4v) is 8.34. The summed E-state index contributed by atoms with van der Waals surface area (Å²) in [4.78, 5) is 76.4. The predicted octanol–water partition coefficient (Wildman–Crippen LogP) is 5.36. The van der Waals surface area contributed by atoms with Gasteiger partial charge >= 0.3 is 12.1 Å². The van der Waals surface area contributed by atoms with Gasteiger partial charge in [-0.05, 0) is 59.4 Å². The second kappa shape index (κ2) is 14.1. The number of fused-ring (bicyclic) bond motifs is 2. The molecule has 2 saturated heterocycles. The number of likely N-dealkylation sites (tertiary alicyclic amines) is 2. The Hall–Kier alpha value is -5.19. The van der Waals surface area contributed by atoms with E-state index in [4.69, 9.17) is 4.74 Å². The molecule has 4 amide bonds. The van der Waals surface area contributed by atoms with Crippen LogP contribution in [0.4, 0.5) is 10.5 Å². The molecule has 2 fully saturated rings. The fourth-order valence-electron chi connectivity index (χ4n) is 8.34. The highest BCUT2D eigenvalue weighted by molar-refractivity contribution is 6.02. The van der Waals surface area contributed by atoms with E-state index in [1.807, 2.05) is 99.6 Å². The Bertz CT molecular complexity index is 1870. The SMILES string of the molecule is CC(C)(C)COC(=O)N1c2ccccc2C[C@@H]1C(=O)N1[C@@H](C(=O)N2Cc3ccccc3C[C@@H]2C(=O)N2CCCC2C(=O)O)CC[C@H]1c1ccccc1. The summed E-state index contributed by atoms with van der Waals surface area (Å²) in [5.41, 5.74) is 3.87. The molecule has 4 aliphatic rings. The summed E-state index contributed by atoms with van der Waals surface area (Å²) in [6, 6.07) is 20.5. The first-order chi connectivity index (χ1) is 24.9. The summed E-state index contributed by atoms with van der Waals surface area (Å²) < 4.78 is 5.78. The van der Waals surface area contributed by atoms with E-state index in [9.17, 15) is 19.5 Å². The second-order valence-corrected chi connectivity index (χ2v) is 15.6. The zero-order valence-electron chi connectivity index (χ0n) is 29.9. The van der Waals surface area contributed by atoms with Crippen LogP contribution in [0.25, 0.3) is 0 Å². The molecular weight excluding hydrogens is 660 g/mol. The number of anilines is 1. The Morgan fingerprint density at radius 2 is 1.33 bits per heavy atom. The van der Waals surface area contributed by atoms with Gasteiger partial charge < -0.3 is 24.5 Å². The van der Waals surface area contributed by atoms with Crippen molar-refractivity contribution in [3.05, 3.63) is 101 Å². The average Bonchev–Trinajstić information content (AvgIpc) is 3.90. The molecule has 0 aliphatic carbocycles. The number of ether oxygens (including phenoxy) is 1. The summed E-state index contributed by atoms with van der Waals surface area (Å²) >= 11 is 0. The number of amides is 4. The summed E-state index contributed by atoms with van der Waals surface area (Å²) in [5.74, 6) is -2.16. The van der Waals surface area contributed by atoms with Crippen LogP contribution in [-0.4, -0.2) is 86.9 Å². The molecule has 5 atom stereocenters. The van der Waals surface area contributed by atoms with Crippen molar-refractivity contribution in [2.24, 2.45) is 5.41 Å². The van der Waals surface area contributed by atoms with Crippen LogP contribution in [0.3, 0.4) is 0 Å². The van der Waals surface area contributed by atoms with Gasteiger partial charge in [0.25, 0.3) is 0 Å². The smallest absolute Gasteiger partial charge is 0.415 e. The number of nitrogens with zero attached hydrogens (tertiary/aromatic N) is 4. The van der Waals surface area contributed by atoms with Crippen molar-refractivity contribution in [3.63, 3.8) is 0 Å². The Morgan fingerprint density at radius 3 is 2.04 bits per heavy atom. The van der Waals surface area contributed by atoms with Crippen molar-refractivity contribution in [3.8, 4) is 0 Å². The number of hydrogen-bond acceptors (Lipinski definition) is 6. The maximum atomic E-state index is 15.1. The number of aliphatic carboxylic acids is 1. The third-order valence-electron chi connectivity index (χ3n) is 10.8. The minimum absolute atomic E-state index is 0.158. The molecular formula is C41H46N4O7. The van der Waals surface area contributed by atoms with Crippen LogP contribution in [0.5, 0.6) is 0 Å². The monoisotopic (exact) mass is 706 g/mol. The maximum absolute atomic E-state index is 15.1. The third kappa shape index (κ3) is 6.64. The van der Waals surface area contributed by atoms with Crippen molar-refractivity contribution in [2.45, 2.75) is 96.1 Å². The molecule has 0 aromatic heterocycles. The van der Waals surface area contributed by atoms with Gasteiger partial charge in [-0.1, -0.05) is 93.6 Å². The number of hydrogen-bond donors (Lipinski definition) is 1. The molecule has 7 rings (SSSR count). The van der Waals surface area contributed by atoms with Gasteiger partial charge in [-0.15, -0.1) is 0 Å². The van der Waals surface area contributed by atoms with Gasteiger partial charge in [-0.3, -0.25) is 19.3 Å². The lowest BCUT2D eigenvalue weighted by Gasteiger charge is -2.42. The summed E-state index contributed by atoms with van der Waals surface area (Å²) in [6.07, 6.45) is 1.70. The minimum Gasteiger partial charge on any atom is -0.480 e. The Kier molecular flexibility index (Phi) is 9.54. The molecule has 0 bridgehead atoms. The number of rotatable bonds is 6. The van der Waals surface area contributed by atoms with Crippen LogP contribution >= 0.6 is 0 Å². The number of carbonyl (C=O) groups is 5. The first-order valence-corrected chi connectivity index (χ1v) is 18.2. The second-order valence-electron chi connectivity index (χ2n) is 15.6. The lowest BCUT2D eigenvalue weighted by Crippen LogP contribution is -2.60. The van der Waals surface area contributed by atoms with Gasteiger partial charge in [0.1, 0.15) is 24.2 Å². The van der Waals surface area contributed by atoms with E-state index in [1.165, 1.54) is 9.80 Å². The zero-order valence-corrected chi connectivity index (χ0v) is 29.9.